The summed E-state index contributed by atoms with van der Waals surface area (Å²) in [5.41, 5.74) is 5.39. The fourth-order valence-corrected chi connectivity index (χ4v) is 1.90. The van der Waals surface area contributed by atoms with Crippen molar-refractivity contribution in [1.82, 2.24) is 10.2 Å². The molecule has 16 heavy (non-hydrogen) atoms. The molecule has 1 saturated carbocycles. The molecule has 4 heteroatoms. The molecule has 1 aliphatic rings. The zero-order valence-corrected chi connectivity index (χ0v) is 10.5. The van der Waals surface area contributed by atoms with Gasteiger partial charge in [-0.1, -0.05) is 13.8 Å². The average molecular weight is 227 g/mol. The van der Waals surface area contributed by atoms with Crippen LogP contribution in [0.2, 0.25) is 0 Å². The number of nitrogens with two attached hydrogens (primary N) is 1. The smallest absolute Gasteiger partial charge is 0.234 e. The highest BCUT2D eigenvalue weighted by molar-refractivity contribution is 5.79. The minimum Gasteiger partial charge on any atom is -0.368 e. The molecule has 0 aliphatic heterocycles. The van der Waals surface area contributed by atoms with E-state index in [1.165, 1.54) is 12.8 Å². The van der Waals surface area contributed by atoms with E-state index in [4.69, 9.17) is 5.73 Å². The van der Waals surface area contributed by atoms with Gasteiger partial charge >= 0.3 is 0 Å². The van der Waals surface area contributed by atoms with Crippen LogP contribution in [0.1, 0.15) is 39.5 Å². The molecule has 1 aliphatic carbocycles. The van der Waals surface area contributed by atoms with Crippen LogP contribution in [0.5, 0.6) is 0 Å². The zero-order chi connectivity index (χ0) is 12.0. The number of carbonyl (C=O) groups is 1. The lowest BCUT2D eigenvalue weighted by Crippen LogP contribution is -2.44. The molecule has 1 amide bonds. The van der Waals surface area contributed by atoms with Gasteiger partial charge in [0.15, 0.2) is 0 Å². The van der Waals surface area contributed by atoms with E-state index < -0.39 is 0 Å². The maximum Gasteiger partial charge on any atom is 0.234 e. The number of carbonyl (C=O) groups excluding carboxylic acids is 1. The van der Waals surface area contributed by atoms with Crippen molar-refractivity contribution in [2.45, 2.75) is 51.6 Å². The van der Waals surface area contributed by atoms with Gasteiger partial charge in [0.2, 0.25) is 5.91 Å². The van der Waals surface area contributed by atoms with E-state index in [9.17, 15) is 4.79 Å². The van der Waals surface area contributed by atoms with Crippen molar-refractivity contribution in [3.05, 3.63) is 0 Å². The van der Waals surface area contributed by atoms with Crippen molar-refractivity contribution in [1.29, 1.82) is 0 Å². The van der Waals surface area contributed by atoms with Crippen molar-refractivity contribution in [2.24, 2.45) is 5.73 Å². The highest BCUT2D eigenvalue weighted by atomic mass is 16.1. The molecule has 0 heterocycles. The van der Waals surface area contributed by atoms with Crippen molar-refractivity contribution in [3.63, 3.8) is 0 Å². The number of hydrogen-bond acceptors (Lipinski definition) is 3. The van der Waals surface area contributed by atoms with Crippen molar-refractivity contribution < 1.29 is 4.79 Å². The predicted molar refractivity (Wildman–Crippen MR) is 66.2 cm³/mol. The summed E-state index contributed by atoms with van der Waals surface area (Å²) in [5.74, 6) is -0.209. The first-order valence-corrected chi connectivity index (χ1v) is 6.45. The highest BCUT2D eigenvalue weighted by Crippen LogP contribution is 2.19. The third kappa shape index (κ3) is 4.94. The van der Waals surface area contributed by atoms with E-state index in [1.54, 1.807) is 0 Å². The van der Waals surface area contributed by atoms with Crippen LogP contribution < -0.4 is 11.1 Å². The lowest BCUT2D eigenvalue weighted by Gasteiger charge is -2.22. The Bertz CT molecular complexity index is 216. The van der Waals surface area contributed by atoms with E-state index in [2.05, 4.69) is 24.1 Å². The van der Waals surface area contributed by atoms with Crippen molar-refractivity contribution >= 4 is 5.91 Å². The Hall–Kier alpha value is -0.610. The molecule has 0 radical (unpaired) electrons. The van der Waals surface area contributed by atoms with Gasteiger partial charge in [0.25, 0.3) is 0 Å². The summed E-state index contributed by atoms with van der Waals surface area (Å²) in [4.78, 5) is 13.6. The second-order valence-electron chi connectivity index (χ2n) is 4.62. The number of primary amides is 1. The fraction of sp³-hybridized carbons (Fsp3) is 0.917. The normalized spacial score (nSPS) is 17.7. The third-order valence-corrected chi connectivity index (χ3v) is 3.08. The van der Waals surface area contributed by atoms with Gasteiger partial charge in [0.1, 0.15) is 0 Å². The molecular weight excluding hydrogens is 202 g/mol. The van der Waals surface area contributed by atoms with Gasteiger partial charge in [-0.25, -0.2) is 0 Å². The third-order valence-electron chi connectivity index (χ3n) is 3.08. The van der Waals surface area contributed by atoms with Crippen LogP contribution in [-0.2, 0) is 4.79 Å². The Labute approximate surface area is 98.6 Å². The molecule has 1 rings (SSSR count). The predicted octanol–water partition coefficient (Wildman–Crippen LogP) is 0.714. The molecule has 0 aromatic carbocycles. The zero-order valence-electron chi connectivity index (χ0n) is 10.5. The van der Waals surface area contributed by atoms with E-state index in [0.717, 1.165) is 32.5 Å². The van der Waals surface area contributed by atoms with Crippen molar-refractivity contribution in [2.75, 3.05) is 19.6 Å². The average Bonchev–Trinajstić information content (AvgIpc) is 3.05. The molecule has 4 nitrogen and oxygen atoms in total. The summed E-state index contributed by atoms with van der Waals surface area (Å²) in [6.45, 7) is 7.44. The van der Waals surface area contributed by atoms with Crippen LogP contribution in [0.4, 0.5) is 0 Å². The van der Waals surface area contributed by atoms with E-state index in [1.807, 2.05) is 0 Å². The largest absolute Gasteiger partial charge is 0.368 e. The molecule has 0 aromatic rings. The minimum atomic E-state index is -0.209. The van der Waals surface area contributed by atoms with Gasteiger partial charge in [0.05, 0.1) is 6.04 Å². The lowest BCUT2D eigenvalue weighted by atomic mass is 10.2. The molecule has 94 valence electrons. The summed E-state index contributed by atoms with van der Waals surface area (Å²) in [7, 11) is 0. The molecule has 3 N–H and O–H groups in total. The molecule has 1 fully saturated rings. The van der Waals surface area contributed by atoms with E-state index in [0.29, 0.717) is 6.04 Å². The summed E-state index contributed by atoms with van der Waals surface area (Å²) in [6, 6.07) is 0.400. The Kier molecular flexibility index (Phi) is 5.77. The van der Waals surface area contributed by atoms with Gasteiger partial charge in [-0.3, -0.25) is 4.79 Å². The maximum absolute atomic E-state index is 11.3. The summed E-state index contributed by atoms with van der Waals surface area (Å²) >= 11 is 0. The molecule has 0 bridgehead atoms. The second-order valence-corrected chi connectivity index (χ2v) is 4.62. The quantitative estimate of drug-likeness (QED) is 0.610. The Morgan fingerprint density at radius 1 is 1.44 bits per heavy atom. The standard InChI is InChI=1S/C12H25N3O/c1-3-8-15(4-2)9-7-11(12(13)16)14-10-5-6-10/h10-11,14H,3-9H2,1-2H3,(H2,13,16). The SMILES string of the molecule is CCCN(CC)CCC(NC1CC1)C(N)=O. The molecular formula is C12H25N3O. The minimum absolute atomic E-state index is 0.140. The molecule has 0 saturated heterocycles. The fourth-order valence-electron chi connectivity index (χ4n) is 1.90. The van der Waals surface area contributed by atoms with Crippen LogP contribution >= 0.6 is 0 Å². The maximum atomic E-state index is 11.3. The van der Waals surface area contributed by atoms with Crippen molar-refractivity contribution in [3.8, 4) is 0 Å². The van der Waals surface area contributed by atoms with Crippen LogP contribution in [0.15, 0.2) is 0 Å². The molecule has 0 spiro atoms. The Balaban J connectivity index is 2.26. The molecule has 0 aromatic heterocycles. The van der Waals surface area contributed by atoms with Crippen LogP contribution in [0.3, 0.4) is 0 Å². The number of nitrogens with one attached hydrogen (secondary N) is 1. The van der Waals surface area contributed by atoms with Gasteiger partial charge < -0.3 is 16.0 Å². The Morgan fingerprint density at radius 3 is 2.56 bits per heavy atom. The van der Waals surface area contributed by atoms with Gasteiger partial charge in [0, 0.05) is 12.6 Å². The monoisotopic (exact) mass is 227 g/mol. The Morgan fingerprint density at radius 2 is 2.12 bits per heavy atom. The topological polar surface area (TPSA) is 58.4 Å². The number of amides is 1. The second kappa shape index (κ2) is 6.86. The van der Waals surface area contributed by atoms with Crippen LogP contribution in [0, 0.1) is 0 Å². The first-order chi connectivity index (χ1) is 7.67. The first kappa shape index (κ1) is 13.5. The number of hydrogen-bond donors (Lipinski definition) is 2. The lowest BCUT2D eigenvalue weighted by molar-refractivity contribution is -0.120. The number of nitrogens with zero attached hydrogens (tertiary/aromatic N) is 1. The van der Waals surface area contributed by atoms with Crippen LogP contribution in [-0.4, -0.2) is 42.5 Å². The van der Waals surface area contributed by atoms with Gasteiger partial charge in [-0.2, -0.15) is 0 Å². The first-order valence-electron chi connectivity index (χ1n) is 6.45. The summed E-state index contributed by atoms with van der Waals surface area (Å²) in [6.07, 6.45) is 4.37. The van der Waals surface area contributed by atoms with Gasteiger partial charge in [-0.05, 0) is 38.8 Å². The van der Waals surface area contributed by atoms with E-state index in [-0.39, 0.29) is 11.9 Å². The summed E-state index contributed by atoms with van der Waals surface area (Å²) in [5, 5.41) is 3.31. The van der Waals surface area contributed by atoms with Gasteiger partial charge in [-0.15, -0.1) is 0 Å². The van der Waals surface area contributed by atoms with E-state index >= 15 is 0 Å². The van der Waals surface area contributed by atoms with Crippen LogP contribution in [0.25, 0.3) is 0 Å². The molecule has 1 atom stereocenters. The summed E-state index contributed by atoms with van der Waals surface area (Å²) < 4.78 is 0. The number of rotatable bonds is 9. The highest BCUT2D eigenvalue weighted by Gasteiger charge is 2.27. The molecule has 1 unspecified atom stereocenters.